The van der Waals surface area contributed by atoms with Gasteiger partial charge in [0.1, 0.15) is 5.75 Å². The van der Waals surface area contributed by atoms with Crippen LogP contribution in [0.1, 0.15) is 48.7 Å². The Hall–Kier alpha value is -3.15. The second-order valence-corrected chi connectivity index (χ2v) is 7.01. The number of methoxy groups -OCH3 is 1. The first-order valence-electron chi connectivity index (χ1n) is 10.0. The van der Waals surface area contributed by atoms with Crippen molar-refractivity contribution < 1.29 is 9.53 Å². The molecule has 6 heteroatoms. The molecule has 29 heavy (non-hydrogen) atoms. The van der Waals surface area contributed by atoms with Crippen molar-refractivity contribution in [1.82, 2.24) is 15.1 Å². The number of unbranched alkanes of at least 4 members (excludes halogenated alkanes) is 3. The minimum Gasteiger partial charge on any atom is -0.497 e. The first-order chi connectivity index (χ1) is 14.1. The Balaban J connectivity index is 1.83. The molecule has 0 atom stereocenters. The number of carbonyl (C=O) groups is 1. The molecule has 0 saturated carbocycles. The second kappa shape index (κ2) is 9.87. The molecule has 0 aliphatic heterocycles. The minimum atomic E-state index is -0.292. The van der Waals surface area contributed by atoms with Crippen LogP contribution in [-0.2, 0) is 13.1 Å². The third-order valence-electron chi connectivity index (χ3n) is 4.92. The first kappa shape index (κ1) is 20.6. The topological polar surface area (TPSA) is 73.2 Å². The molecule has 0 unspecified atom stereocenters. The summed E-state index contributed by atoms with van der Waals surface area (Å²) in [5.74, 6) is 0.474. The van der Waals surface area contributed by atoms with Gasteiger partial charge in [-0.05, 0) is 30.2 Å². The van der Waals surface area contributed by atoms with Crippen LogP contribution in [-0.4, -0.2) is 22.8 Å². The highest BCUT2D eigenvalue weighted by atomic mass is 16.5. The van der Waals surface area contributed by atoms with Gasteiger partial charge in [0.2, 0.25) is 0 Å². The van der Waals surface area contributed by atoms with Crippen LogP contribution in [0, 0.1) is 0 Å². The second-order valence-electron chi connectivity index (χ2n) is 7.01. The summed E-state index contributed by atoms with van der Waals surface area (Å²) in [4.78, 5) is 25.6. The summed E-state index contributed by atoms with van der Waals surface area (Å²) >= 11 is 0. The van der Waals surface area contributed by atoms with Crippen molar-refractivity contribution >= 4 is 16.7 Å². The molecule has 152 valence electrons. The molecular weight excluding hydrogens is 366 g/mol. The van der Waals surface area contributed by atoms with Crippen molar-refractivity contribution in [2.24, 2.45) is 0 Å². The lowest BCUT2D eigenvalue weighted by atomic mass is 10.1. The number of aryl methyl sites for hydroxylation is 1. The Morgan fingerprint density at radius 2 is 1.76 bits per heavy atom. The summed E-state index contributed by atoms with van der Waals surface area (Å²) in [6, 6.07) is 14.7. The fraction of sp³-hybridized carbons (Fsp3) is 0.348. The quantitative estimate of drug-likeness (QED) is 0.559. The number of nitrogens with zero attached hydrogens (tertiary/aromatic N) is 2. The maximum absolute atomic E-state index is 12.9. The molecule has 1 aromatic heterocycles. The van der Waals surface area contributed by atoms with Crippen molar-refractivity contribution in [2.75, 3.05) is 7.11 Å². The zero-order valence-electron chi connectivity index (χ0n) is 17.0. The zero-order chi connectivity index (χ0) is 20.6. The molecule has 0 spiro atoms. The number of nitrogens with one attached hydrogen (secondary N) is 1. The lowest BCUT2D eigenvalue weighted by Crippen LogP contribution is -2.30. The van der Waals surface area contributed by atoms with Crippen molar-refractivity contribution in [3.05, 3.63) is 70.1 Å². The average molecular weight is 393 g/mol. The summed E-state index contributed by atoms with van der Waals surface area (Å²) in [5, 5.41) is 8.42. The van der Waals surface area contributed by atoms with Gasteiger partial charge >= 0.3 is 0 Å². The van der Waals surface area contributed by atoms with Crippen molar-refractivity contribution in [2.45, 2.75) is 45.7 Å². The number of aromatic nitrogens is 2. The van der Waals surface area contributed by atoms with E-state index in [4.69, 9.17) is 4.74 Å². The molecule has 0 radical (unpaired) electrons. The number of carbonyl (C=O) groups excluding carboxylic acids is 1. The van der Waals surface area contributed by atoms with Gasteiger partial charge in [0.25, 0.3) is 11.5 Å². The van der Waals surface area contributed by atoms with E-state index >= 15 is 0 Å². The number of ether oxygens (including phenoxy) is 1. The van der Waals surface area contributed by atoms with Gasteiger partial charge in [0, 0.05) is 18.5 Å². The van der Waals surface area contributed by atoms with Gasteiger partial charge in [-0.3, -0.25) is 9.59 Å². The van der Waals surface area contributed by atoms with E-state index in [1.165, 1.54) is 4.68 Å². The van der Waals surface area contributed by atoms with Crippen LogP contribution in [0.2, 0.25) is 0 Å². The Morgan fingerprint density at radius 1 is 1.03 bits per heavy atom. The summed E-state index contributed by atoms with van der Waals surface area (Å²) in [6.07, 6.45) is 4.15. The monoisotopic (exact) mass is 393 g/mol. The van der Waals surface area contributed by atoms with E-state index < -0.39 is 0 Å². The third kappa shape index (κ3) is 5.02. The number of hydrogen-bond acceptors (Lipinski definition) is 4. The Bertz CT molecular complexity index is 1030. The predicted octanol–water partition coefficient (Wildman–Crippen LogP) is 3.92. The Labute approximate surface area is 170 Å². The normalized spacial score (nSPS) is 10.8. The van der Waals surface area contributed by atoms with E-state index in [2.05, 4.69) is 17.3 Å². The van der Waals surface area contributed by atoms with Crippen molar-refractivity contribution in [1.29, 1.82) is 0 Å². The molecule has 0 bridgehead atoms. The highest BCUT2D eigenvalue weighted by molar-refractivity contribution is 6.04. The lowest BCUT2D eigenvalue weighted by Gasteiger charge is -2.11. The molecule has 3 rings (SSSR count). The largest absolute Gasteiger partial charge is 0.497 e. The van der Waals surface area contributed by atoms with Gasteiger partial charge in [0.15, 0.2) is 5.69 Å². The van der Waals surface area contributed by atoms with E-state index in [1.807, 2.05) is 36.4 Å². The average Bonchev–Trinajstić information content (AvgIpc) is 2.77. The molecule has 1 heterocycles. The summed E-state index contributed by atoms with van der Waals surface area (Å²) in [6.45, 7) is 3.03. The molecule has 0 aliphatic carbocycles. The maximum Gasteiger partial charge on any atom is 0.274 e. The number of benzene rings is 2. The summed E-state index contributed by atoms with van der Waals surface area (Å²) in [7, 11) is 1.62. The van der Waals surface area contributed by atoms with Crippen LogP contribution in [0.4, 0.5) is 0 Å². The van der Waals surface area contributed by atoms with E-state index in [9.17, 15) is 9.59 Å². The lowest BCUT2D eigenvalue weighted by molar-refractivity contribution is 0.0945. The Morgan fingerprint density at radius 3 is 2.45 bits per heavy atom. The third-order valence-corrected chi connectivity index (χ3v) is 4.92. The van der Waals surface area contributed by atoms with Crippen LogP contribution in [0.5, 0.6) is 5.75 Å². The van der Waals surface area contributed by atoms with E-state index in [0.29, 0.717) is 23.9 Å². The van der Waals surface area contributed by atoms with Crippen molar-refractivity contribution in [3.63, 3.8) is 0 Å². The van der Waals surface area contributed by atoms with Crippen LogP contribution in [0.25, 0.3) is 10.8 Å². The molecule has 6 nitrogen and oxygen atoms in total. The summed E-state index contributed by atoms with van der Waals surface area (Å²) < 4.78 is 6.59. The molecule has 2 aromatic carbocycles. The number of fused-ring (bicyclic) bond motifs is 1. The summed E-state index contributed by atoms with van der Waals surface area (Å²) in [5.41, 5.74) is 1.09. The highest BCUT2D eigenvalue weighted by Gasteiger charge is 2.16. The SMILES string of the molecule is CCCCCCn1nc(C(=O)NCc2ccc(OC)cc2)c2ccccc2c1=O. The van der Waals surface area contributed by atoms with Gasteiger partial charge in [-0.15, -0.1) is 0 Å². The minimum absolute atomic E-state index is 0.149. The van der Waals surface area contributed by atoms with Crippen LogP contribution >= 0.6 is 0 Å². The van der Waals surface area contributed by atoms with Crippen LogP contribution in [0.3, 0.4) is 0 Å². The highest BCUT2D eigenvalue weighted by Crippen LogP contribution is 2.15. The van der Waals surface area contributed by atoms with Crippen LogP contribution < -0.4 is 15.6 Å². The molecule has 0 fully saturated rings. The van der Waals surface area contributed by atoms with E-state index in [-0.39, 0.29) is 17.2 Å². The fourth-order valence-electron chi connectivity index (χ4n) is 3.25. The van der Waals surface area contributed by atoms with Crippen LogP contribution in [0.15, 0.2) is 53.3 Å². The fourth-order valence-corrected chi connectivity index (χ4v) is 3.25. The zero-order valence-corrected chi connectivity index (χ0v) is 17.0. The molecule has 1 N–H and O–H groups in total. The van der Waals surface area contributed by atoms with Gasteiger partial charge < -0.3 is 10.1 Å². The van der Waals surface area contributed by atoms with Gasteiger partial charge in [-0.2, -0.15) is 5.10 Å². The molecule has 0 aliphatic rings. The van der Waals surface area contributed by atoms with E-state index in [0.717, 1.165) is 37.0 Å². The maximum atomic E-state index is 12.9. The predicted molar refractivity (Wildman–Crippen MR) is 114 cm³/mol. The van der Waals surface area contributed by atoms with Gasteiger partial charge in [-0.1, -0.05) is 56.5 Å². The van der Waals surface area contributed by atoms with Gasteiger partial charge in [0.05, 0.1) is 12.5 Å². The number of rotatable bonds is 9. The standard InChI is InChI=1S/C23H27N3O3/c1-3-4-5-8-15-26-23(28)20-10-7-6-9-19(20)21(25-26)22(27)24-16-17-11-13-18(29-2)14-12-17/h6-7,9-14H,3-5,8,15-16H2,1-2H3,(H,24,27). The molecular formula is C23H27N3O3. The number of hydrogen-bond donors (Lipinski definition) is 1. The molecule has 1 amide bonds. The number of amides is 1. The van der Waals surface area contributed by atoms with Crippen molar-refractivity contribution in [3.8, 4) is 5.75 Å². The van der Waals surface area contributed by atoms with Gasteiger partial charge in [-0.25, -0.2) is 4.68 Å². The smallest absolute Gasteiger partial charge is 0.274 e. The molecule has 3 aromatic rings. The van der Waals surface area contributed by atoms with E-state index in [1.54, 1.807) is 19.2 Å². The first-order valence-corrected chi connectivity index (χ1v) is 10.0. The molecule has 0 saturated heterocycles. The Kier molecular flexibility index (Phi) is 7.00.